The summed E-state index contributed by atoms with van der Waals surface area (Å²) in [4.78, 5) is 18.0. The van der Waals surface area contributed by atoms with Crippen LogP contribution in [0, 0.1) is 11.3 Å². The number of Topliss-reactive ketones (excluding diaryl/α,β-unsaturated/α-hetero) is 1. The standard InChI is InChI=1S/C7H5N3O/c1-5(11)7-2-6(3-8)9-4-10-7/h2,4H,1H3. The summed E-state index contributed by atoms with van der Waals surface area (Å²) >= 11 is 0. The number of hydrogen-bond acceptors (Lipinski definition) is 4. The Hall–Kier alpha value is -1.76. The van der Waals surface area contributed by atoms with Crippen molar-refractivity contribution in [2.24, 2.45) is 0 Å². The average molecular weight is 147 g/mol. The fraction of sp³-hybridized carbons (Fsp3) is 0.143. The van der Waals surface area contributed by atoms with E-state index in [0.29, 0.717) is 0 Å². The monoisotopic (exact) mass is 147 g/mol. The SMILES string of the molecule is CC(=O)c1cc(C#N)ncn1. The normalized spacial score (nSPS) is 8.73. The number of carbonyl (C=O) groups excluding carboxylic acids is 1. The molecule has 0 N–H and O–H groups in total. The molecule has 0 radical (unpaired) electrons. The minimum Gasteiger partial charge on any atom is -0.293 e. The largest absolute Gasteiger partial charge is 0.293 e. The molecule has 1 rings (SSSR count). The van der Waals surface area contributed by atoms with E-state index in [1.165, 1.54) is 19.3 Å². The highest BCUT2D eigenvalue weighted by atomic mass is 16.1. The lowest BCUT2D eigenvalue weighted by molar-refractivity contribution is 0.101. The van der Waals surface area contributed by atoms with Crippen molar-refractivity contribution in [3.63, 3.8) is 0 Å². The number of nitriles is 1. The van der Waals surface area contributed by atoms with Crippen LogP contribution in [0.1, 0.15) is 23.1 Å². The molecule has 0 saturated heterocycles. The van der Waals surface area contributed by atoms with Gasteiger partial charge in [-0.1, -0.05) is 0 Å². The van der Waals surface area contributed by atoms with E-state index in [9.17, 15) is 4.79 Å². The van der Waals surface area contributed by atoms with Crippen LogP contribution in [0.5, 0.6) is 0 Å². The zero-order valence-electron chi connectivity index (χ0n) is 5.90. The third-order valence-corrected chi connectivity index (χ3v) is 1.14. The molecule has 54 valence electrons. The smallest absolute Gasteiger partial charge is 0.178 e. The van der Waals surface area contributed by atoms with Gasteiger partial charge in [-0.3, -0.25) is 4.79 Å². The summed E-state index contributed by atoms with van der Waals surface area (Å²) in [5, 5.41) is 8.39. The minimum absolute atomic E-state index is 0.163. The minimum atomic E-state index is -0.163. The van der Waals surface area contributed by atoms with Gasteiger partial charge in [0.2, 0.25) is 0 Å². The summed E-state index contributed by atoms with van der Waals surface area (Å²) in [6.45, 7) is 1.39. The van der Waals surface area contributed by atoms with Crippen molar-refractivity contribution < 1.29 is 4.79 Å². The second-order valence-electron chi connectivity index (χ2n) is 1.96. The van der Waals surface area contributed by atoms with Crippen molar-refractivity contribution in [3.8, 4) is 6.07 Å². The number of ketones is 1. The van der Waals surface area contributed by atoms with E-state index in [0.717, 1.165) is 0 Å². The van der Waals surface area contributed by atoms with Gasteiger partial charge in [-0.2, -0.15) is 5.26 Å². The van der Waals surface area contributed by atoms with E-state index in [4.69, 9.17) is 5.26 Å². The van der Waals surface area contributed by atoms with E-state index < -0.39 is 0 Å². The molecule has 0 fully saturated rings. The second kappa shape index (κ2) is 2.88. The molecule has 0 amide bonds. The lowest BCUT2D eigenvalue weighted by atomic mass is 10.3. The predicted octanol–water partition coefficient (Wildman–Crippen LogP) is 0.551. The van der Waals surface area contributed by atoms with Crippen LogP contribution in [0.15, 0.2) is 12.4 Å². The highest BCUT2D eigenvalue weighted by Crippen LogP contribution is 1.96. The third-order valence-electron chi connectivity index (χ3n) is 1.14. The lowest BCUT2D eigenvalue weighted by Crippen LogP contribution is -1.98. The molecule has 0 aliphatic carbocycles. The molecule has 0 aliphatic heterocycles. The summed E-state index contributed by atoms with van der Waals surface area (Å²) in [6.07, 6.45) is 1.20. The first-order valence-electron chi connectivity index (χ1n) is 2.97. The Morgan fingerprint density at radius 1 is 1.64 bits per heavy atom. The fourth-order valence-electron chi connectivity index (χ4n) is 0.611. The number of hydrogen-bond donors (Lipinski definition) is 0. The third kappa shape index (κ3) is 1.58. The van der Waals surface area contributed by atoms with Gasteiger partial charge in [-0.05, 0) is 0 Å². The Kier molecular flexibility index (Phi) is 1.93. The van der Waals surface area contributed by atoms with Crippen LogP contribution in [0.4, 0.5) is 0 Å². The molecule has 1 heterocycles. The van der Waals surface area contributed by atoms with Gasteiger partial charge >= 0.3 is 0 Å². The molecule has 4 nitrogen and oxygen atoms in total. The molecular formula is C7H5N3O. The molecule has 11 heavy (non-hydrogen) atoms. The van der Waals surface area contributed by atoms with Crippen LogP contribution in [0.2, 0.25) is 0 Å². The predicted molar refractivity (Wildman–Crippen MR) is 36.8 cm³/mol. The molecule has 0 saturated carbocycles. The maximum absolute atomic E-state index is 10.7. The van der Waals surface area contributed by atoms with Crippen LogP contribution in [0.3, 0.4) is 0 Å². The topological polar surface area (TPSA) is 66.6 Å². The number of carbonyl (C=O) groups is 1. The summed E-state index contributed by atoms with van der Waals surface area (Å²) in [5.41, 5.74) is 0.488. The molecule has 0 unspecified atom stereocenters. The van der Waals surface area contributed by atoms with Gasteiger partial charge in [0.1, 0.15) is 23.8 Å². The number of aromatic nitrogens is 2. The van der Waals surface area contributed by atoms with Crippen molar-refractivity contribution >= 4 is 5.78 Å². The molecule has 0 aromatic carbocycles. The van der Waals surface area contributed by atoms with E-state index in [-0.39, 0.29) is 17.2 Å². The molecular weight excluding hydrogens is 142 g/mol. The Bertz CT molecular complexity index is 327. The van der Waals surface area contributed by atoms with Gasteiger partial charge in [0.15, 0.2) is 5.78 Å². The quantitative estimate of drug-likeness (QED) is 0.544. The van der Waals surface area contributed by atoms with Gasteiger partial charge < -0.3 is 0 Å². The maximum Gasteiger partial charge on any atom is 0.178 e. The Balaban J connectivity index is 3.13. The summed E-state index contributed by atoms with van der Waals surface area (Å²) in [7, 11) is 0. The maximum atomic E-state index is 10.7. The number of nitrogens with zero attached hydrogens (tertiary/aromatic N) is 3. The molecule has 0 atom stereocenters. The van der Waals surface area contributed by atoms with Crippen molar-refractivity contribution in [1.82, 2.24) is 9.97 Å². The summed E-state index contributed by atoms with van der Waals surface area (Å²) < 4.78 is 0. The molecule has 0 bridgehead atoms. The molecule has 4 heteroatoms. The Morgan fingerprint density at radius 3 is 2.91 bits per heavy atom. The fourth-order valence-corrected chi connectivity index (χ4v) is 0.611. The first kappa shape index (κ1) is 7.35. The van der Waals surface area contributed by atoms with Crippen LogP contribution >= 0.6 is 0 Å². The van der Waals surface area contributed by atoms with E-state index in [1.54, 1.807) is 0 Å². The molecule has 1 aromatic heterocycles. The van der Waals surface area contributed by atoms with E-state index in [2.05, 4.69) is 9.97 Å². The molecule has 0 spiro atoms. The summed E-state index contributed by atoms with van der Waals surface area (Å²) in [6, 6.07) is 3.18. The van der Waals surface area contributed by atoms with Crippen LogP contribution in [0.25, 0.3) is 0 Å². The van der Waals surface area contributed by atoms with Crippen LogP contribution in [-0.2, 0) is 0 Å². The zero-order chi connectivity index (χ0) is 8.27. The lowest BCUT2D eigenvalue weighted by Gasteiger charge is -1.91. The van der Waals surface area contributed by atoms with Crippen molar-refractivity contribution in [3.05, 3.63) is 23.8 Å². The van der Waals surface area contributed by atoms with Crippen molar-refractivity contribution in [2.75, 3.05) is 0 Å². The Labute approximate surface area is 63.5 Å². The van der Waals surface area contributed by atoms with Gasteiger partial charge in [0, 0.05) is 13.0 Å². The van der Waals surface area contributed by atoms with E-state index >= 15 is 0 Å². The summed E-state index contributed by atoms with van der Waals surface area (Å²) in [5.74, 6) is -0.163. The highest BCUT2D eigenvalue weighted by Gasteiger charge is 2.01. The zero-order valence-corrected chi connectivity index (χ0v) is 5.90. The van der Waals surface area contributed by atoms with Crippen molar-refractivity contribution in [1.29, 1.82) is 5.26 Å². The van der Waals surface area contributed by atoms with Gasteiger partial charge in [0.05, 0.1) is 0 Å². The van der Waals surface area contributed by atoms with Crippen LogP contribution < -0.4 is 0 Å². The van der Waals surface area contributed by atoms with Gasteiger partial charge in [0.25, 0.3) is 0 Å². The second-order valence-corrected chi connectivity index (χ2v) is 1.96. The van der Waals surface area contributed by atoms with Gasteiger partial charge in [-0.25, -0.2) is 9.97 Å². The number of rotatable bonds is 1. The first-order chi connectivity index (χ1) is 5.24. The van der Waals surface area contributed by atoms with Crippen LogP contribution in [-0.4, -0.2) is 15.8 Å². The first-order valence-corrected chi connectivity index (χ1v) is 2.97. The Morgan fingerprint density at radius 2 is 2.36 bits per heavy atom. The van der Waals surface area contributed by atoms with E-state index in [1.807, 2.05) is 6.07 Å². The van der Waals surface area contributed by atoms with Gasteiger partial charge in [-0.15, -0.1) is 0 Å². The molecule has 1 aromatic rings. The highest BCUT2D eigenvalue weighted by molar-refractivity contribution is 5.92. The average Bonchev–Trinajstić information content (AvgIpc) is 2.05. The molecule has 0 aliphatic rings. The van der Waals surface area contributed by atoms with Crippen molar-refractivity contribution in [2.45, 2.75) is 6.92 Å².